The van der Waals surface area contributed by atoms with E-state index in [0.717, 1.165) is 43.5 Å². The molecule has 5 aromatic rings. The first kappa shape index (κ1) is 63.2. The van der Waals surface area contributed by atoms with E-state index >= 15 is 4.79 Å². The highest BCUT2D eigenvalue weighted by molar-refractivity contribution is 7.73. The molecule has 6 rings (SSSR count). The highest BCUT2D eigenvalue weighted by Gasteiger charge is 2.42. The number of carbonyl (C=O) groups is 7. The number of nitrogens with zero attached hydrogens (tertiary/aromatic N) is 1. The predicted octanol–water partition coefficient (Wildman–Crippen LogP) is 7.56. The summed E-state index contributed by atoms with van der Waals surface area (Å²) in [4.78, 5) is 103. The van der Waals surface area contributed by atoms with Crippen molar-refractivity contribution in [2.45, 2.75) is 137 Å². The molecule has 6 amide bonds. The van der Waals surface area contributed by atoms with E-state index in [9.17, 15) is 28.8 Å². The van der Waals surface area contributed by atoms with Crippen molar-refractivity contribution in [3.05, 3.63) is 155 Å². The van der Waals surface area contributed by atoms with Crippen molar-refractivity contribution in [3.63, 3.8) is 0 Å². The number of carbonyl (C=O) groups excluding carboxylic acids is 7. The zero-order valence-electron chi connectivity index (χ0n) is 49.0. The monoisotopic (exact) mass is 1140 g/mol. The number of ether oxygens (including phenoxy) is 2. The summed E-state index contributed by atoms with van der Waals surface area (Å²) in [6, 6.07) is 34.0. The van der Waals surface area contributed by atoms with E-state index in [0.29, 0.717) is 18.4 Å². The third kappa shape index (κ3) is 18.3. The van der Waals surface area contributed by atoms with Crippen molar-refractivity contribution >= 4 is 78.7 Å². The molecule has 17 heteroatoms. The molecular weight excluding hydrogens is 1060 g/mol. The maximum absolute atomic E-state index is 15.6. The van der Waals surface area contributed by atoms with E-state index in [1.807, 2.05) is 102 Å². The number of hydrogen-bond acceptors (Lipinski definition) is 9. The molecular formula is C64H82N6O9P2. The molecule has 1 aliphatic rings. The molecule has 0 bridgehead atoms. The fourth-order valence-electron chi connectivity index (χ4n) is 10.2. The van der Waals surface area contributed by atoms with Gasteiger partial charge >= 0.3 is 12.1 Å². The van der Waals surface area contributed by atoms with Gasteiger partial charge in [0, 0.05) is 18.9 Å². The van der Waals surface area contributed by atoms with Gasteiger partial charge in [-0.05, 0) is 122 Å². The van der Waals surface area contributed by atoms with Gasteiger partial charge in [-0.3, -0.25) is 24.0 Å². The molecule has 0 aromatic heterocycles. The lowest BCUT2D eigenvalue weighted by atomic mass is 10.0. The highest BCUT2D eigenvalue weighted by Crippen LogP contribution is 2.38. The molecule has 1 saturated heterocycles. The minimum atomic E-state index is -1.35. The maximum atomic E-state index is 15.6. The second-order valence-electron chi connectivity index (χ2n) is 22.8. The summed E-state index contributed by atoms with van der Waals surface area (Å²) in [6.07, 6.45) is 0.521. The maximum Gasteiger partial charge on any atom is 0.408 e. The van der Waals surface area contributed by atoms with Gasteiger partial charge in [-0.1, -0.05) is 177 Å². The number of rotatable bonds is 23. The molecule has 0 radical (unpaired) electrons. The number of aryl methyl sites for hydroxylation is 4. The minimum Gasteiger partial charge on any atom is -0.467 e. The smallest absolute Gasteiger partial charge is 0.408 e. The van der Waals surface area contributed by atoms with Crippen LogP contribution in [0.2, 0.25) is 0 Å². The molecule has 6 atom stereocenters. The number of nitrogens with one attached hydrogen (secondary N) is 5. The number of hydrogen-bond donors (Lipinski definition) is 5. The van der Waals surface area contributed by atoms with Crippen molar-refractivity contribution in [2.75, 3.05) is 26.0 Å². The summed E-state index contributed by atoms with van der Waals surface area (Å²) in [5.41, 5.74) is 3.74. The van der Waals surface area contributed by atoms with Crippen molar-refractivity contribution in [1.29, 1.82) is 0 Å². The van der Waals surface area contributed by atoms with Crippen LogP contribution >= 0.6 is 15.8 Å². The first-order valence-corrected chi connectivity index (χ1v) is 30.9. The summed E-state index contributed by atoms with van der Waals surface area (Å²) < 4.78 is 10.7. The molecule has 5 N–H and O–H groups in total. The Labute approximate surface area is 481 Å². The van der Waals surface area contributed by atoms with Crippen LogP contribution in [-0.4, -0.2) is 108 Å². The number of methoxy groups -OCH3 is 1. The van der Waals surface area contributed by atoms with E-state index in [2.05, 4.69) is 63.0 Å². The number of amides is 6. The molecule has 432 valence electrons. The number of likely N-dealkylation sites (tertiary alicyclic amines) is 1. The number of benzene rings is 5. The summed E-state index contributed by atoms with van der Waals surface area (Å²) in [7, 11) is -1.34. The fourth-order valence-corrected chi connectivity index (χ4v) is 15.3. The van der Waals surface area contributed by atoms with Crippen molar-refractivity contribution < 1.29 is 43.0 Å². The zero-order chi connectivity index (χ0) is 59.1. The van der Waals surface area contributed by atoms with Crippen LogP contribution < -0.4 is 47.8 Å². The topological polar surface area (TPSA) is 201 Å². The Hall–Kier alpha value is -6.95. The Bertz CT molecular complexity index is 2840. The van der Waals surface area contributed by atoms with E-state index in [-0.39, 0.29) is 31.2 Å². The average molecular weight is 1140 g/mol. The normalized spacial score (nSPS) is 15.3. The summed E-state index contributed by atoms with van der Waals surface area (Å²) in [5, 5.41) is 18.7. The minimum absolute atomic E-state index is 0.0203. The molecule has 15 nitrogen and oxygen atoms in total. The van der Waals surface area contributed by atoms with Crippen molar-refractivity contribution in [3.8, 4) is 0 Å². The molecule has 0 unspecified atom stereocenters. The quantitative estimate of drug-likeness (QED) is 0.0324. The highest BCUT2D eigenvalue weighted by atomic mass is 31.1. The van der Waals surface area contributed by atoms with Crippen LogP contribution in [0.3, 0.4) is 0 Å². The first-order valence-electron chi connectivity index (χ1n) is 27.9. The van der Waals surface area contributed by atoms with E-state index in [1.165, 1.54) is 12.0 Å². The zero-order valence-corrected chi connectivity index (χ0v) is 50.8. The average Bonchev–Trinajstić information content (AvgIpc) is 3.92. The van der Waals surface area contributed by atoms with Crippen molar-refractivity contribution in [1.82, 2.24) is 31.5 Å². The molecule has 0 aliphatic carbocycles. The lowest BCUT2D eigenvalue weighted by Gasteiger charge is -2.33. The van der Waals surface area contributed by atoms with E-state index in [4.69, 9.17) is 9.47 Å². The molecule has 81 heavy (non-hydrogen) atoms. The van der Waals surface area contributed by atoms with Gasteiger partial charge in [0.05, 0.1) is 7.11 Å². The third-order valence-corrected chi connectivity index (χ3v) is 18.9. The first-order chi connectivity index (χ1) is 38.4. The van der Waals surface area contributed by atoms with E-state index < -0.39 is 105 Å². The van der Waals surface area contributed by atoms with Crippen LogP contribution in [0.4, 0.5) is 4.79 Å². The SMILES string of the molecule is COC(=O)[C@@H](CC(C)C)NC(=O)[C@@H](CP(c1ccccc1)c1ccccc1)NC(=O)[C@H](NC(=O)[C@@H]1CCCN1C(=O)[C@@H](CP(c1cc(C)cc(C)c1)c1cc(C)cc(C)c1)NC(=O)[C@H](NC(=O)OC(C)(C)C)c1ccccc1)C(C)C. The van der Waals surface area contributed by atoms with Gasteiger partial charge < -0.3 is 41.0 Å². The Morgan fingerprint density at radius 3 is 1.53 bits per heavy atom. The van der Waals surface area contributed by atoms with Gasteiger partial charge in [-0.2, -0.15) is 0 Å². The molecule has 5 aromatic carbocycles. The lowest BCUT2D eigenvalue weighted by molar-refractivity contribution is -0.145. The van der Waals surface area contributed by atoms with Gasteiger partial charge in [0.15, 0.2) is 0 Å². The molecule has 1 fully saturated rings. The predicted molar refractivity (Wildman–Crippen MR) is 324 cm³/mol. The fraction of sp³-hybridized carbons (Fsp3) is 0.422. The van der Waals surface area contributed by atoms with Crippen LogP contribution in [0.5, 0.6) is 0 Å². The van der Waals surface area contributed by atoms with Crippen LogP contribution in [0, 0.1) is 39.5 Å². The molecule has 0 saturated carbocycles. The third-order valence-electron chi connectivity index (χ3n) is 13.8. The van der Waals surface area contributed by atoms with Crippen LogP contribution in [0.1, 0.15) is 102 Å². The van der Waals surface area contributed by atoms with Gasteiger partial charge in [-0.15, -0.1) is 0 Å². The number of alkyl carbamates (subject to hydrolysis) is 1. The Morgan fingerprint density at radius 1 is 0.580 bits per heavy atom. The van der Waals surface area contributed by atoms with Crippen LogP contribution in [0.25, 0.3) is 0 Å². The summed E-state index contributed by atoms with van der Waals surface area (Å²) >= 11 is 0. The van der Waals surface area contributed by atoms with Crippen molar-refractivity contribution in [2.24, 2.45) is 11.8 Å². The molecule has 1 aliphatic heterocycles. The van der Waals surface area contributed by atoms with Crippen LogP contribution in [0.15, 0.2) is 127 Å². The Balaban J connectivity index is 1.35. The largest absolute Gasteiger partial charge is 0.467 e. The molecule has 1 heterocycles. The Kier molecular flexibility index (Phi) is 22.8. The van der Waals surface area contributed by atoms with Gasteiger partial charge in [0.1, 0.15) is 41.9 Å². The second kappa shape index (κ2) is 29.2. The van der Waals surface area contributed by atoms with E-state index in [1.54, 1.807) is 65.0 Å². The lowest BCUT2D eigenvalue weighted by Crippen LogP contribution is -2.60. The Morgan fingerprint density at radius 2 is 1.05 bits per heavy atom. The van der Waals surface area contributed by atoms with Crippen LogP contribution in [-0.2, 0) is 38.2 Å². The summed E-state index contributed by atoms with van der Waals surface area (Å²) in [5.74, 6) is -3.99. The standard InChI is InChI=1S/C64H82N6O9P2/c1-40(2)31-51(62(76)78-12)65-57(71)52(38-80(47-25-18-14-19-26-47)48-27-20-15-21-28-48)66-59(73)55(41(3)4)68-58(72)54-29-22-30-70(54)61(75)53(67-60(74)56(46-23-16-13-17-24-46)69-63(77)79-64(9,10)11)39-81(49-34-42(5)32-43(6)35-49)50-36-44(7)33-45(8)37-50/h13-21,23-28,32-37,40-41,51-56H,22,29-31,38-39H2,1-12H3,(H,65,71)(H,66,73)(H,67,74)(H,68,72)(H,69,77)/t51-,52-,53-,54+,55-,56-/m1/s1. The van der Waals surface area contributed by atoms with Gasteiger partial charge in [0.25, 0.3) is 0 Å². The summed E-state index contributed by atoms with van der Waals surface area (Å²) in [6.45, 7) is 20.9. The second-order valence-corrected chi connectivity index (χ2v) is 27.3. The number of esters is 1. The van der Waals surface area contributed by atoms with Gasteiger partial charge in [-0.25, -0.2) is 9.59 Å². The van der Waals surface area contributed by atoms with Gasteiger partial charge in [0.2, 0.25) is 29.5 Å². The molecule has 0 spiro atoms.